The second-order valence-corrected chi connectivity index (χ2v) is 5.03. The molecule has 1 aromatic carbocycles. The van der Waals surface area contributed by atoms with E-state index in [0.29, 0.717) is 4.99 Å². The molecule has 0 radical (unpaired) electrons. The Kier molecular flexibility index (Phi) is 4.60. The lowest BCUT2D eigenvalue weighted by Gasteiger charge is -2.16. The van der Waals surface area contributed by atoms with Crippen LogP contribution in [-0.4, -0.2) is 21.9 Å². The molecule has 2 aromatic rings. The predicted molar refractivity (Wildman–Crippen MR) is 81.7 cm³/mol. The van der Waals surface area contributed by atoms with Crippen molar-refractivity contribution in [1.82, 2.24) is 9.88 Å². The number of pyridine rings is 1. The predicted octanol–water partition coefficient (Wildman–Crippen LogP) is 2.35. The average molecular weight is 271 g/mol. The maximum atomic E-state index is 5.58. The van der Waals surface area contributed by atoms with E-state index in [1.165, 1.54) is 11.1 Å². The first-order valence-corrected chi connectivity index (χ1v) is 6.52. The zero-order valence-electron chi connectivity index (χ0n) is 10.9. The lowest BCUT2D eigenvalue weighted by atomic mass is 10.1. The van der Waals surface area contributed by atoms with Crippen LogP contribution in [0, 0.1) is 0 Å². The largest absolute Gasteiger partial charge is 0.389 e. The van der Waals surface area contributed by atoms with Crippen molar-refractivity contribution in [3.05, 3.63) is 65.5 Å². The molecule has 0 unspecified atom stereocenters. The SMILES string of the molecule is CN(Cc1ccc(C(N)=S)cc1)Cc1cccnc1. The van der Waals surface area contributed by atoms with Crippen LogP contribution >= 0.6 is 12.2 Å². The van der Waals surface area contributed by atoms with Gasteiger partial charge >= 0.3 is 0 Å². The summed E-state index contributed by atoms with van der Waals surface area (Å²) < 4.78 is 0. The minimum atomic E-state index is 0.440. The van der Waals surface area contributed by atoms with Gasteiger partial charge in [0.15, 0.2) is 0 Å². The van der Waals surface area contributed by atoms with Gasteiger partial charge in [-0.25, -0.2) is 0 Å². The standard InChI is InChI=1S/C15H17N3S/c1-18(11-13-3-2-8-17-9-13)10-12-4-6-14(7-5-12)15(16)19/h2-9H,10-11H2,1H3,(H2,16,19). The van der Waals surface area contributed by atoms with Crippen molar-refractivity contribution in [3.8, 4) is 0 Å². The van der Waals surface area contributed by atoms with Crippen molar-refractivity contribution in [2.24, 2.45) is 5.73 Å². The quantitative estimate of drug-likeness (QED) is 0.848. The minimum absolute atomic E-state index is 0.440. The summed E-state index contributed by atoms with van der Waals surface area (Å²) in [4.78, 5) is 6.80. The van der Waals surface area contributed by atoms with Gasteiger partial charge in [0.25, 0.3) is 0 Å². The number of hydrogen-bond acceptors (Lipinski definition) is 3. The molecule has 0 atom stereocenters. The highest BCUT2D eigenvalue weighted by atomic mass is 32.1. The second kappa shape index (κ2) is 6.41. The monoisotopic (exact) mass is 271 g/mol. The highest BCUT2D eigenvalue weighted by Gasteiger charge is 2.02. The van der Waals surface area contributed by atoms with E-state index >= 15 is 0 Å². The molecular formula is C15H17N3S. The molecule has 0 amide bonds. The first-order valence-electron chi connectivity index (χ1n) is 6.11. The summed E-state index contributed by atoms with van der Waals surface area (Å²) in [6.07, 6.45) is 3.68. The van der Waals surface area contributed by atoms with Crippen LogP contribution in [0.2, 0.25) is 0 Å². The van der Waals surface area contributed by atoms with Crippen LogP contribution in [0.3, 0.4) is 0 Å². The van der Waals surface area contributed by atoms with E-state index in [2.05, 4.69) is 35.1 Å². The van der Waals surface area contributed by atoms with Crippen LogP contribution in [0.4, 0.5) is 0 Å². The molecule has 3 nitrogen and oxygen atoms in total. The van der Waals surface area contributed by atoms with Crippen LogP contribution in [0.25, 0.3) is 0 Å². The van der Waals surface area contributed by atoms with E-state index in [9.17, 15) is 0 Å². The molecule has 0 aliphatic heterocycles. The van der Waals surface area contributed by atoms with Crippen molar-refractivity contribution in [3.63, 3.8) is 0 Å². The minimum Gasteiger partial charge on any atom is -0.389 e. The van der Waals surface area contributed by atoms with Crippen LogP contribution in [0.5, 0.6) is 0 Å². The van der Waals surface area contributed by atoms with E-state index in [0.717, 1.165) is 18.7 Å². The van der Waals surface area contributed by atoms with Crippen LogP contribution in [0.1, 0.15) is 16.7 Å². The number of thiocarbonyl (C=S) groups is 1. The van der Waals surface area contributed by atoms with E-state index in [1.807, 2.05) is 24.4 Å². The van der Waals surface area contributed by atoms with E-state index < -0.39 is 0 Å². The maximum Gasteiger partial charge on any atom is 0.103 e. The lowest BCUT2D eigenvalue weighted by Crippen LogP contribution is -2.17. The van der Waals surface area contributed by atoms with Crippen molar-refractivity contribution < 1.29 is 0 Å². The van der Waals surface area contributed by atoms with Gasteiger partial charge in [-0.1, -0.05) is 42.5 Å². The van der Waals surface area contributed by atoms with Crippen molar-refractivity contribution in [1.29, 1.82) is 0 Å². The summed E-state index contributed by atoms with van der Waals surface area (Å²) >= 11 is 4.94. The Hall–Kier alpha value is -1.78. The molecule has 0 fully saturated rings. The molecular weight excluding hydrogens is 254 g/mol. The van der Waals surface area contributed by atoms with Gasteiger partial charge in [0.05, 0.1) is 0 Å². The smallest absolute Gasteiger partial charge is 0.103 e. The van der Waals surface area contributed by atoms with Crippen LogP contribution in [-0.2, 0) is 13.1 Å². The Balaban J connectivity index is 1.95. The highest BCUT2D eigenvalue weighted by molar-refractivity contribution is 7.80. The fourth-order valence-corrected chi connectivity index (χ4v) is 2.08. The lowest BCUT2D eigenvalue weighted by molar-refractivity contribution is 0.318. The van der Waals surface area contributed by atoms with Gasteiger partial charge < -0.3 is 5.73 Å². The van der Waals surface area contributed by atoms with Gasteiger partial charge in [0, 0.05) is 31.0 Å². The summed E-state index contributed by atoms with van der Waals surface area (Å²) in [6, 6.07) is 12.1. The molecule has 1 aromatic heterocycles. The molecule has 4 heteroatoms. The van der Waals surface area contributed by atoms with Gasteiger partial charge in [-0.05, 0) is 24.2 Å². The van der Waals surface area contributed by atoms with E-state index in [4.69, 9.17) is 18.0 Å². The molecule has 0 spiro atoms. The fourth-order valence-electron chi connectivity index (χ4n) is 1.95. The second-order valence-electron chi connectivity index (χ2n) is 4.59. The topological polar surface area (TPSA) is 42.1 Å². The van der Waals surface area contributed by atoms with Crippen molar-refractivity contribution in [2.75, 3.05) is 7.05 Å². The van der Waals surface area contributed by atoms with Gasteiger partial charge in [-0.3, -0.25) is 9.88 Å². The third kappa shape index (κ3) is 4.12. The van der Waals surface area contributed by atoms with E-state index in [-0.39, 0.29) is 0 Å². The molecule has 0 aliphatic rings. The Bertz CT molecular complexity index is 537. The number of benzene rings is 1. The number of aromatic nitrogens is 1. The summed E-state index contributed by atoms with van der Waals surface area (Å²) in [5, 5.41) is 0. The van der Waals surface area contributed by atoms with Gasteiger partial charge in [0.2, 0.25) is 0 Å². The first-order chi connectivity index (χ1) is 9.15. The molecule has 19 heavy (non-hydrogen) atoms. The summed E-state index contributed by atoms with van der Waals surface area (Å²) in [6.45, 7) is 1.76. The molecule has 0 aliphatic carbocycles. The zero-order chi connectivity index (χ0) is 13.7. The molecule has 2 rings (SSSR count). The van der Waals surface area contributed by atoms with Gasteiger partial charge in [-0.15, -0.1) is 0 Å². The average Bonchev–Trinajstić information content (AvgIpc) is 2.40. The molecule has 1 heterocycles. The molecule has 98 valence electrons. The van der Waals surface area contributed by atoms with Gasteiger partial charge in [-0.2, -0.15) is 0 Å². The summed E-state index contributed by atoms with van der Waals surface area (Å²) in [5.74, 6) is 0. The Morgan fingerprint density at radius 3 is 2.42 bits per heavy atom. The molecule has 0 saturated heterocycles. The zero-order valence-corrected chi connectivity index (χ0v) is 11.7. The van der Waals surface area contributed by atoms with E-state index in [1.54, 1.807) is 6.20 Å². The third-order valence-corrected chi connectivity index (χ3v) is 3.10. The number of hydrogen-bond donors (Lipinski definition) is 1. The Labute approximate surface area is 119 Å². The normalized spacial score (nSPS) is 10.6. The first kappa shape index (κ1) is 13.6. The molecule has 0 saturated carbocycles. The number of rotatable bonds is 5. The number of nitrogens with two attached hydrogens (primary N) is 1. The van der Waals surface area contributed by atoms with Crippen LogP contribution in [0.15, 0.2) is 48.8 Å². The fraction of sp³-hybridized carbons (Fsp3) is 0.200. The highest BCUT2D eigenvalue weighted by Crippen LogP contribution is 2.09. The summed E-state index contributed by atoms with van der Waals surface area (Å²) in [5.41, 5.74) is 8.95. The molecule has 2 N–H and O–H groups in total. The van der Waals surface area contributed by atoms with Crippen LogP contribution < -0.4 is 5.73 Å². The third-order valence-electron chi connectivity index (χ3n) is 2.87. The maximum absolute atomic E-state index is 5.58. The Morgan fingerprint density at radius 1 is 1.16 bits per heavy atom. The van der Waals surface area contributed by atoms with Crippen molar-refractivity contribution >= 4 is 17.2 Å². The molecule has 0 bridgehead atoms. The summed E-state index contributed by atoms with van der Waals surface area (Å²) in [7, 11) is 2.09. The van der Waals surface area contributed by atoms with Crippen molar-refractivity contribution in [2.45, 2.75) is 13.1 Å². The van der Waals surface area contributed by atoms with Gasteiger partial charge in [0.1, 0.15) is 4.99 Å². The Morgan fingerprint density at radius 2 is 1.84 bits per heavy atom. The number of nitrogens with zero attached hydrogens (tertiary/aromatic N) is 2.